The van der Waals surface area contributed by atoms with Crippen LogP contribution in [0.25, 0.3) is 27.8 Å². The maximum atomic E-state index is 8.99. The molecular formula is C27H24N4. The van der Waals surface area contributed by atoms with E-state index in [1.54, 1.807) is 0 Å². The summed E-state index contributed by atoms with van der Waals surface area (Å²) in [6.07, 6.45) is 0. The SMILES string of the molecule is Cc1ccccc1Cn1c(=N)n(-c2ccc(-c3ccccc3N)cc2)c2ccccc21. The Balaban J connectivity index is 1.63. The zero-order valence-corrected chi connectivity index (χ0v) is 17.4. The number of nitrogens with two attached hydrogens (primary N) is 1. The van der Waals surface area contributed by atoms with E-state index in [1.807, 2.05) is 41.0 Å². The van der Waals surface area contributed by atoms with Crippen LogP contribution in [-0.2, 0) is 6.54 Å². The van der Waals surface area contributed by atoms with Crippen LogP contribution in [0.3, 0.4) is 0 Å². The smallest absolute Gasteiger partial charge is 0.208 e. The van der Waals surface area contributed by atoms with Gasteiger partial charge in [0.2, 0.25) is 5.62 Å². The largest absolute Gasteiger partial charge is 0.398 e. The molecule has 0 spiro atoms. The van der Waals surface area contributed by atoms with Gasteiger partial charge >= 0.3 is 0 Å². The van der Waals surface area contributed by atoms with Gasteiger partial charge in [-0.05, 0) is 53.9 Å². The first kappa shape index (κ1) is 18.9. The molecular weight excluding hydrogens is 380 g/mol. The standard InChI is InChI=1S/C27H24N4/c1-19-8-2-3-9-21(19)18-30-25-12-6-7-13-26(25)31(27(30)29)22-16-14-20(15-17-22)23-10-4-5-11-24(23)28/h2-17,29H,18,28H2,1H3. The summed E-state index contributed by atoms with van der Waals surface area (Å²) in [5.41, 5.74) is 14.9. The molecule has 31 heavy (non-hydrogen) atoms. The second-order valence-electron chi connectivity index (χ2n) is 7.79. The van der Waals surface area contributed by atoms with Crippen LogP contribution in [0.2, 0.25) is 0 Å². The van der Waals surface area contributed by atoms with Crippen LogP contribution in [0.1, 0.15) is 11.1 Å². The number of hydrogen-bond acceptors (Lipinski definition) is 2. The van der Waals surface area contributed by atoms with Crippen molar-refractivity contribution in [2.45, 2.75) is 13.5 Å². The molecule has 0 bridgehead atoms. The predicted molar refractivity (Wildman–Crippen MR) is 127 cm³/mol. The summed E-state index contributed by atoms with van der Waals surface area (Å²) in [5.74, 6) is 0. The minimum atomic E-state index is 0.455. The molecule has 0 amide bonds. The number of nitrogen functional groups attached to an aromatic ring is 1. The van der Waals surface area contributed by atoms with E-state index in [0.29, 0.717) is 12.2 Å². The molecule has 152 valence electrons. The number of benzene rings is 4. The Morgan fingerprint density at radius 2 is 1.39 bits per heavy atom. The van der Waals surface area contributed by atoms with Gasteiger partial charge in [0.1, 0.15) is 0 Å². The van der Waals surface area contributed by atoms with E-state index in [4.69, 9.17) is 11.1 Å². The molecule has 0 atom stereocenters. The number of hydrogen-bond donors (Lipinski definition) is 2. The lowest BCUT2D eigenvalue weighted by molar-refractivity contribution is 0.721. The molecule has 3 N–H and O–H groups in total. The summed E-state index contributed by atoms with van der Waals surface area (Å²) >= 11 is 0. The summed E-state index contributed by atoms with van der Waals surface area (Å²) in [7, 11) is 0. The first-order valence-electron chi connectivity index (χ1n) is 10.4. The summed E-state index contributed by atoms with van der Waals surface area (Å²) in [4.78, 5) is 0. The predicted octanol–water partition coefficient (Wildman–Crippen LogP) is 5.52. The summed E-state index contributed by atoms with van der Waals surface area (Å²) < 4.78 is 4.08. The van der Waals surface area contributed by atoms with Gasteiger partial charge in [0.25, 0.3) is 0 Å². The number of nitrogens with one attached hydrogen (secondary N) is 1. The van der Waals surface area contributed by atoms with Gasteiger partial charge in [-0.25, -0.2) is 0 Å². The van der Waals surface area contributed by atoms with Crippen molar-refractivity contribution < 1.29 is 0 Å². The number of anilines is 1. The molecule has 5 rings (SSSR count). The molecule has 0 saturated heterocycles. The van der Waals surface area contributed by atoms with Crippen molar-refractivity contribution in [3.63, 3.8) is 0 Å². The normalized spacial score (nSPS) is 11.1. The van der Waals surface area contributed by atoms with E-state index in [1.165, 1.54) is 11.1 Å². The van der Waals surface area contributed by atoms with E-state index >= 15 is 0 Å². The Morgan fingerprint density at radius 3 is 2.13 bits per heavy atom. The molecule has 0 radical (unpaired) electrons. The zero-order valence-electron chi connectivity index (χ0n) is 17.4. The second kappa shape index (κ2) is 7.65. The van der Waals surface area contributed by atoms with E-state index in [9.17, 15) is 0 Å². The van der Waals surface area contributed by atoms with E-state index < -0.39 is 0 Å². The van der Waals surface area contributed by atoms with Crippen LogP contribution in [0.4, 0.5) is 5.69 Å². The highest BCUT2D eigenvalue weighted by Crippen LogP contribution is 2.27. The van der Waals surface area contributed by atoms with Crippen LogP contribution < -0.4 is 11.4 Å². The monoisotopic (exact) mass is 404 g/mol. The molecule has 0 unspecified atom stereocenters. The first-order valence-corrected chi connectivity index (χ1v) is 10.4. The van der Waals surface area contributed by atoms with E-state index in [-0.39, 0.29) is 0 Å². The summed E-state index contributed by atoms with van der Waals surface area (Å²) in [6.45, 7) is 2.78. The number of fused-ring (bicyclic) bond motifs is 1. The molecule has 1 heterocycles. The number of rotatable bonds is 4. The molecule has 0 saturated carbocycles. The van der Waals surface area contributed by atoms with E-state index in [2.05, 4.69) is 72.2 Å². The highest BCUT2D eigenvalue weighted by Gasteiger charge is 2.13. The van der Waals surface area contributed by atoms with Gasteiger partial charge in [0, 0.05) is 16.9 Å². The Morgan fingerprint density at radius 1 is 0.742 bits per heavy atom. The van der Waals surface area contributed by atoms with Crippen LogP contribution in [0, 0.1) is 12.3 Å². The zero-order chi connectivity index (χ0) is 21.4. The fourth-order valence-electron chi connectivity index (χ4n) is 4.16. The lowest BCUT2D eigenvalue weighted by Gasteiger charge is -2.09. The number of imidazole rings is 1. The minimum absolute atomic E-state index is 0.455. The number of nitrogens with zero attached hydrogens (tertiary/aromatic N) is 2. The third-order valence-corrected chi connectivity index (χ3v) is 5.87. The van der Waals surface area contributed by atoms with Gasteiger partial charge in [-0.15, -0.1) is 0 Å². The van der Waals surface area contributed by atoms with Gasteiger partial charge in [-0.2, -0.15) is 0 Å². The van der Waals surface area contributed by atoms with Crippen molar-refractivity contribution >= 4 is 16.7 Å². The molecule has 0 fully saturated rings. The van der Waals surface area contributed by atoms with Crippen LogP contribution >= 0.6 is 0 Å². The van der Waals surface area contributed by atoms with Crippen molar-refractivity contribution in [2.75, 3.05) is 5.73 Å². The number of aromatic nitrogens is 2. The van der Waals surface area contributed by atoms with Crippen LogP contribution in [-0.4, -0.2) is 9.13 Å². The Bertz CT molecular complexity index is 1440. The topological polar surface area (TPSA) is 59.7 Å². The second-order valence-corrected chi connectivity index (χ2v) is 7.79. The van der Waals surface area contributed by atoms with Gasteiger partial charge in [0.05, 0.1) is 17.6 Å². The highest BCUT2D eigenvalue weighted by atomic mass is 15.2. The Kier molecular flexibility index (Phi) is 4.68. The van der Waals surface area contributed by atoms with Gasteiger partial charge in [0.15, 0.2) is 0 Å². The molecule has 5 aromatic rings. The Labute approximate surface area is 181 Å². The van der Waals surface area contributed by atoms with Gasteiger partial charge < -0.3 is 10.3 Å². The quantitative estimate of drug-likeness (QED) is 0.381. The summed E-state index contributed by atoms with van der Waals surface area (Å²) in [5, 5.41) is 8.99. The third kappa shape index (κ3) is 3.32. The molecule has 4 aromatic carbocycles. The molecule has 1 aromatic heterocycles. The molecule has 4 nitrogen and oxygen atoms in total. The first-order chi connectivity index (χ1) is 15.1. The molecule has 0 aliphatic rings. The van der Waals surface area contributed by atoms with Crippen molar-refractivity contribution in [3.05, 3.63) is 114 Å². The van der Waals surface area contributed by atoms with Gasteiger partial charge in [-0.1, -0.05) is 66.7 Å². The fourth-order valence-corrected chi connectivity index (χ4v) is 4.16. The third-order valence-electron chi connectivity index (χ3n) is 5.87. The van der Waals surface area contributed by atoms with Crippen molar-refractivity contribution in [3.8, 4) is 16.8 Å². The summed E-state index contributed by atoms with van der Waals surface area (Å²) in [6, 6.07) is 32.7. The lowest BCUT2D eigenvalue weighted by Crippen LogP contribution is -2.24. The van der Waals surface area contributed by atoms with Crippen LogP contribution in [0.5, 0.6) is 0 Å². The van der Waals surface area contributed by atoms with Crippen molar-refractivity contribution in [2.24, 2.45) is 0 Å². The van der Waals surface area contributed by atoms with E-state index in [0.717, 1.165) is 33.5 Å². The van der Waals surface area contributed by atoms with Gasteiger partial charge in [-0.3, -0.25) is 9.98 Å². The Hall–Kier alpha value is -4.05. The molecule has 0 aliphatic heterocycles. The maximum absolute atomic E-state index is 8.99. The minimum Gasteiger partial charge on any atom is -0.398 e. The van der Waals surface area contributed by atoms with Crippen molar-refractivity contribution in [1.82, 2.24) is 9.13 Å². The average Bonchev–Trinajstić information content (AvgIpc) is 3.07. The molecule has 4 heteroatoms. The lowest BCUT2D eigenvalue weighted by atomic mass is 10.0. The number of para-hydroxylation sites is 3. The maximum Gasteiger partial charge on any atom is 0.208 e. The number of aryl methyl sites for hydroxylation is 1. The molecule has 0 aliphatic carbocycles. The fraction of sp³-hybridized carbons (Fsp3) is 0.0741. The van der Waals surface area contributed by atoms with Crippen molar-refractivity contribution in [1.29, 1.82) is 5.41 Å². The highest BCUT2D eigenvalue weighted by molar-refractivity contribution is 5.79. The average molecular weight is 405 g/mol. The van der Waals surface area contributed by atoms with Crippen LogP contribution in [0.15, 0.2) is 97.1 Å².